The van der Waals surface area contributed by atoms with Gasteiger partial charge in [0.2, 0.25) is 10.0 Å². The summed E-state index contributed by atoms with van der Waals surface area (Å²) >= 11 is 5.87. The van der Waals surface area contributed by atoms with Gasteiger partial charge < -0.3 is 5.11 Å². The van der Waals surface area contributed by atoms with E-state index in [1.165, 1.54) is 5.01 Å². The number of primary sulfonamides is 1. The Kier molecular flexibility index (Phi) is 4.96. The van der Waals surface area contributed by atoms with Gasteiger partial charge in [0.1, 0.15) is 16.3 Å². The van der Waals surface area contributed by atoms with Crippen LogP contribution >= 0.6 is 11.6 Å². The lowest BCUT2D eigenvalue weighted by molar-refractivity contribution is -0.117. The second-order valence-electron chi connectivity index (χ2n) is 5.66. The van der Waals surface area contributed by atoms with Gasteiger partial charge >= 0.3 is 0 Å². The number of sulfonamides is 1. The molecule has 2 aromatic carbocycles. The fourth-order valence-corrected chi connectivity index (χ4v) is 3.48. The minimum absolute atomic E-state index is 0.105. The van der Waals surface area contributed by atoms with Gasteiger partial charge in [-0.25, -0.2) is 13.6 Å². The lowest BCUT2D eigenvalue weighted by atomic mass is 10.2. The molecular formula is C16H14ClN5O4S. The Hall–Kier alpha value is -2.82. The number of phenols is 1. The highest BCUT2D eigenvalue weighted by Gasteiger charge is 2.34. The van der Waals surface area contributed by atoms with Gasteiger partial charge in [-0.3, -0.25) is 4.79 Å². The van der Waals surface area contributed by atoms with E-state index in [2.05, 4.69) is 15.3 Å². The first-order chi connectivity index (χ1) is 12.7. The molecule has 2 aromatic rings. The number of hydrogen-bond donors (Lipinski definition) is 2. The molecule has 1 heterocycles. The Bertz CT molecular complexity index is 1070. The van der Waals surface area contributed by atoms with Crippen LogP contribution in [0.25, 0.3) is 0 Å². The summed E-state index contributed by atoms with van der Waals surface area (Å²) in [4.78, 5) is 12.1. The van der Waals surface area contributed by atoms with Crippen molar-refractivity contribution in [3.63, 3.8) is 0 Å². The number of halogens is 1. The largest absolute Gasteiger partial charge is 0.506 e. The standard InChI is InChI=1S/C16H14ClN5O4S/c1-9-15(16(24)22(21-9)10-5-3-2-4-6-10)20-19-12-7-11(17)14(8-13(12)23)27(18,25)26/h2-8,15,23H,1H3,(H2,18,25,26)/t15-/m1/s1. The van der Waals surface area contributed by atoms with E-state index in [9.17, 15) is 18.3 Å². The minimum Gasteiger partial charge on any atom is -0.506 e. The molecule has 9 nitrogen and oxygen atoms in total. The minimum atomic E-state index is -4.10. The first-order valence-electron chi connectivity index (χ1n) is 7.59. The third-order valence-electron chi connectivity index (χ3n) is 3.71. The van der Waals surface area contributed by atoms with E-state index < -0.39 is 32.6 Å². The highest BCUT2D eigenvalue weighted by molar-refractivity contribution is 7.89. The predicted molar refractivity (Wildman–Crippen MR) is 99.8 cm³/mol. The number of nitrogens with zero attached hydrogens (tertiary/aromatic N) is 4. The van der Waals surface area contributed by atoms with E-state index in [4.69, 9.17) is 16.7 Å². The molecule has 1 aliphatic rings. The van der Waals surface area contributed by atoms with E-state index in [0.717, 1.165) is 12.1 Å². The van der Waals surface area contributed by atoms with Crippen molar-refractivity contribution in [3.8, 4) is 5.75 Å². The van der Waals surface area contributed by atoms with E-state index in [1.807, 2.05) is 6.07 Å². The fraction of sp³-hybridized carbons (Fsp3) is 0.125. The van der Waals surface area contributed by atoms with Crippen molar-refractivity contribution in [2.45, 2.75) is 17.9 Å². The highest BCUT2D eigenvalue weighted by atomic mass is 35.5. The molecular weight excluding hydrogens is 394 g/mol. The van der Waals surface area contributed by atoms with Crippen LogP contribution in [0.3, 0.4) is 0 Å². The molecule has 0 aliphatic carbocycles. The lowest BCUT2D eigenvalue weighted by Gasteiger charge is -2.11. The number of aromatic hydroxyl groups is 1. The monoisotopic (exact) mass is 407 g/mol. The molecule has 3 rings (SSSR count). The van der Waals surface area contributed by atoms with Crippen molar-refractivity contribution in [1.82, 2.24) is 0 Å². The molecule has 0 radical (unpaired) electrons. The Balaban J connectivity index is 1.88. The van der Waals surface area contributed by atoms with Gasteiger partial charge in [0.15, 0.2) is 6.04 Å². The summed E-state index contributed by atoms with van der Waals surface area (Å²) in [7, 11) is -4.10. The third-order valence-corrected chi connectivity index (χ3v) is 5.09. The number of anilines is 1. The van der Waals surface area contributed by atoms with Gasteiger partial charge in [-0.05, 0) is 25.1 Å². The quantitative estimate of drug-likeness (QED) is 0.752. The van der Waals surface area contributed by atoms with Crippen LogP contribution < -0.4 is 10.1 Å². The van der Waals surface area contributed by atoms with E-state index in [0.29, 0.717) is 11.4 Å². The summed E-state index contributed by atoms with van der Waals surface area (Å²) in [5.74, 6) is -0.902. The van der Waals surface area contributed by atoms with Crippen molar-refractivity contribution in [2.24, 2.45) is 20.5 Å². The second kappa shape index (κ2) is 7.06. The van der Waals surface area contributed by atoms with Gasteiger partial charge in [0.05, 0.1) is 16.4 Å². The number of azo groups is 1. The maximum atomic E-state index is 12.5. The number of phenolic OH excluding ortho intramolecular Hbond substituents is 1. The first-order valence-corrected chi connectivity index (χ1v) is 9.51. The van der Waals surface area contributed by atoms with Crippen LogP contribution in [0.1, 0.15) is 6.92 Å². The summed E-state index contributed by atoms with van der Waals surface area (Å²) in [6.45, 7) is 1.63. The van der Waals surface area contributed by atoms with E-state index in [-0.39, 0.29) is 10.7 Å². The summed E-state index contributed by atoms with van der Waals surface area (Å²) in [6.07, 6.45) is 0. The topological polar surface area (TPSA) is 138 Å². The molecule has 0 spiro atoms. The van der Waals surface area contributed by atoms with Crippen LogP contribution in [-0.4, -0.2) is 31.2 Å². The first kappa shape index (κ1) is 19.0. The number of benzene rings is 2. The Morgan fingerprint density at radius 1 is 1.26 bits per heavy atom. The number of carbonyl (C=O) groups is 1. The number of nitrogens with two attached hydrogens (primary N) is 1. The molecule has 0 unspecified atom stereocenters. The van der Waals surface area contributed by atoms with Gasteiger partial charge in [0, 0.05) is 6.07 Å². The van der Waals surface area contributed by atoms with Gasteiger partial charge in [-0.1, -0.05) is 29.8 Å². The molecule has 3 N–H and O–H groups in total. The normalized spacial score (nSPS) is 17.6. The molecule has 0 saturated heterocycles. The molecule has 0 fully saturated rings. The zero-order valence-corrected chi connectivity index (χ0v) is 15.5. The summed E-state index contributed by atoms with van der Waals surface area (Å²) in [5.41, 5.74) is 0.897. The van der Waals surface area contributed by atoms with Gasteiger partial charge in [-0.2, -0.15) is 20.3 Å². The molecule has 0 saturated carbocycles. The summed E-state index contributed by atoms with van der Waals surface area (Å²) in [6, 6.07) is 9.82. The van der Waals surface area contributed by atoms with Crippen LogP contribution in [0.5, 0.6) is 5.75 Å². The predicted octanol–water partition coefficient (Wildman–Crippen LogP) is 2.57. The molecule has 11 heteroatoms. The zero-order valence-electron chi connectivity index (χ0n) is 13.9. The van der Waals surface area contributed by atoms with E-state index in [1.54, 1.807) is 31.2 Å². The molecule has 140 valence electrons. The number of para-hydroxylation sites is 1. The van der Waals surface area contributed by atoms with Crippen LogP contribution in [-0.2, 0) is 14.8 Å². The van der Waals surface area contributed by atoms with Gasteiger partial charge in [-0.15, -0.1) is 0 Å². The summed E-state index contributed by atoms with van der Waals surface area (Å²) < 4.78 is 22.8. The zero-order chi connectivity index (χ0) is 19.8. The van der Waals surface area contributed by atoms with E-state index >= 15 is 0 Å². The van der Waals surface area contributed by atoms with Crippen LogP contribution in [0, 0.1) is 0 Å². The van der Waals surface area contributed by atoms with Gasteiger partial charge in [0.25, 0.3) is 5.91 Å². The second-order valence-corrected chi connectivity index (χ2v) is 7.60. The SMILES string of the molecule is CC1=NN(c2ccccc2)C(=O)[C@@H]1N=Nc1cc(Cl)c(S(N)(=O)=O)cc1O. The van der Waals surface area contributed by atoms with Crippen molar-refractivity contribution in [1.29, 1.82) is 0 Å². The van der Waals surface area contributed by atoms with Crippen molar-refractivity contribution in [2.75, 3.05) is 5.01 Å². The van der Waals surface area contributed by atoms with Crippen molar-refractivity contribution < 1.29 is 18.3 Å². The molecule has 1 amide bonds. The smallest absolute Gasteiger partial charge is 0.280 e. The maximum Gasteiger partial charge on any atom is 0.280 e. The average Bonchev–Trinajstić information content (AvgIpc) is 2.89. The molecule has 1 atom stereocenters. The van der Waals surface area contributed by atoms with Crippen molar-refractivity contribution >= 4 is 44.6 Å². The molecule has 0 bridgehead atoms. The van der Waals surface area contributed by atoms with Crippen LogP contribution in [0.2, 0.25) is 5.02 Å². The van der Waals surface area contributed by atoms with Crippen molar-refractivity contribution in [3.05, 3.63) is 47.5 Å². The fourth-order valence-electron chi connectivity index (χ4n) is 2.39. The molecule has 0 aromatic heterocycles. The Morgan fingerprint density at radius 2 is 1.93 bits per heavy atom. The third kappa shape index (κ3) is 3.82. The lowest BCUT2D eigenvalue weighted by Crippen LogP contribution is -2.29. The number of rotatable bonds is 4. The number of hydrazone groups is 1. The van der Waals surface area contributed by atoms with Crippen LogP contribution in [0.4, 0.5) is 11.4 Å². The highest BCUT2D eigenvalue weighted by Crippen LogP contribution is 2.35. The Labute approximate surface area is 159 Å². The maximum absolute atomic E-state index is 12.5. The molecule has 27 heavy (non-hydrogen) atoms. The number of amides is 1. The Morgan fingerprint density at radius 3 is 2.56 bits per heavy atom. The number of hydrogen-bond acceptors (Lipinski definition) is 7. The average molecular weight is 408 g/mol. The number of carbonyl (C=O) groups excluding carboxylic acids is 1. The van der Waals surface area contributed by atoms with Crippen LogP contribution in [0.15, 0.2) is 62.7 Å². The molecule has 1 aliphatic heterocycles. The summed E-state index contributed by atoms with van der Waals surface area (Å²) in [5, 5.41) is 27.9.